The molecule has 0 amide bonds. The van der Waals surface area contributed by atoms with Crippen LogP contribution in [-0.2, 0) is 0 Å². The highest BCUT2D eigenvalue weighted by Gasteiger charge is 2.24. The van der Waals surface area contributed by atoms with Gasteiger partial charge in [-0.3, -0.25) is 10.1 Å². The Morgan fingerprint density at radius 2 is 2.14 bits per heavy atom. The van der Waals surface area contributed by atoms with Crippen molar-refractivity contribution in [3.05, 3.63) is 27.9 Å². The lowest BCUT2D eigenvalue weighted by molar-refractivity contribution is -0.385. The third-order valence-electron chi connectivity index (χ3n) is 3.89. The van der Waals surface area contributed by atoms with Crippen molar-refractivity contribution in [1.29, 1.82) is 0 Å². The average molecular weight is 293 g/mol. The number of nitro groups is 1. The molecule has 114 valence electrons. The SMILES string of the molecule is CN(c1ccc([N+](=O)[O-])c(/C(N)=N/O)n1)C1CCCCC1. The Balaban J connectivity index is 2.34. The van der Waals surface area contributed by atoms with Crippen molar-refractivity contribution in [2.75, 3.05) is 11.9 Å². The Bertz CT molecular complexity index is 555. The second-order valence-electron chi connectivity index (χ2n) is 5.18. The number of oxime groups is 1. The molecule has 1 saturated carbocycles. The Morgan fingerprint density at radius 1 is 1.48 bits per heavy atom. The predicted octanol–water partition coefficient (Wildman–Crippen LogP) is 1.85. The standard InChI is InChI=1S/C13H19N5O3/c1-17(9-5-3-2-4-6-9)11-8-7-10(18(20)21)12(15-11)13(14)16-19/h7-9,19H,2-6H2,1H3,(H2,14,16). The molecule has 1 aliphatic rings. The highest BCUT2D eigenvalue weighted by molar-refractivity contribution is 5.99. The minimum atomic E-state index is -0.592. The maximum atomic E-state index is 11.0. The molecule has 0 unspecified atom stereocenters. The van der Waals surface area contributed by atoms with Crippen LogP contribution in [0.3, 0.4) is 0 Å². The first kappa shape index (κ1) is 15.0. The van der Waals surface area contributed by atoms with E-state index in [0.29, 0.717) is 11.9 Å². The largest absolute Gasteiger partial charge is 0.409 e. The summed E-state index contributed by atoms with van der Waals surface area (Å²) in [5.74, 6) is 0.231. The van der Waals surface area contributed by atoms with E-state index in [1.54, 1.807) is 6.07 Å². The maximum Gasteiger partial charge on any atom is 0.298 e. The lowest BCUT2D eigenvalue weighted by atomic mass is 9.94. The molecule has 1 aromatic rings. The van der Waals surface area contributed by atoms with Crippen LogP contribution in [0.25, 0.3) is 0 Å². The third kappa shape index (κ3) is 3.21. The lowest BCUT2D eigenvalue weighted by Gasteiger charge is -2.32. The highest BCUT2D eigenvalue weighted by atomic mass is 16.6. The minimum Gasteiger partial charge on any atom is -0.409 e. The van der Waals surface area contributed by atoms with Crippen molar-refractivity contribution in [2.45, 2.75) is 38.1 Å². The van der Waals surface area contributed by atoms with E-state index in [2.05, 4.69) is 10.1 Å². The van der Waals surface area contributed by atoms with Crippen molar-refractivity contribution >= 4 is 17.3 Å². The molecular weight excluding hydrogens is 274 g/mol. The highest BCUT2D eigenvalue weighted by Crippen LogP contribution is 2.27. The van der Waals surface area contributed by atoms with Crippen molar-refractivity contribution < 1.29 is 10.1 Å². The van der Waals surface area contributed by atoms with E-state index < -0.39 is 4.92 Å². The molecule has 3 N–H and O–H groups in total. The summed E-state index contributed by atoms with van der Waals surface area (Å²) in [6.07, 6.45) is 5.75. The Morgan fingerprint density at radius 3 is 2.71 bits per heavy atom. The minimum absolute atomic E-state index is 0.109. The van der Waals surface area contributed by atoms with Gasteiger partial charge < -0.3 is 15.8 Å². The van der Waals surface area contributed by atoms with Crippen LogP contribution >= 0.6 is 0 Å². The quantitative estimate of drug-likeness (QED) is 0.287. The molecule has 8 heteroatoms. The van der Waals surface area contributed by atoms with E-state index in [1.807, 2.05) is 11.9 Å². The number of pyridine rings is 1. The zero-order valence-corrected chi connectivity index (χ0v) is 11.9. The summed E-state index contributed by atoms with van der Waals surface area (Å²) >= 11 is 0. The van der Waals surface area contributed by atoms with E-state index in [-0.39, 0.29) is 17.2 Å². The molecule has 0 spiro atoms. The van der Waals surface area contributed by atoms with Crippen LogP contribution in [0.1, 0.15) is 37.8 Å². The van der Waals surface area contributed by atoms with Crippen molar-refractivity contribution in [2.24, 2.45) is 10.9 Å². The van der Waals surface area contributed by atoms with Crippen molar-refractivity contribution in [3.8, 4) is 0 Å². The normalized spacial score (nSPS) is 16.7. The van der Waals surface area contributed by atoms with Crippen LogP contribution in [-0.4, -0.2) is 34.0 Å². The second-order valence-corrected chi connectivity index (χ2v) is 5.18. The van der Waals surface area contributed by atoms with Crippen LogP contribution in [0.5, 0.6) is 0 Å². The van der Waals surface area contributed by atoms with Crippen LogP contribution in [0.15, 0.2) is 17.3 Å². The molecule has 0 saturated heterocycles. The van der Waals surface area contributed by atoms with Gasteiger partial charge in [-0.15, -0.1) is 0 Å². The molecule has 0 aromatic carbocycles. The van der Waals surface area contributed by atoms with E-state index in [4.69, 9.17) is 10.9 Å². The molecule has 1 aliphatic carbocycles. The fraction of sp³-hybridized carbons (Fsp3) is 0.538. The van der Waals surface area contributed by atoms with Gasteiger partial charge in [-0.2, -0.15) is 0 Å². The molecular formula is C13H19N5O3. The van der Waals surface area contributed by atoms with Gasteiger partial charge >= 0.3 is 0 Å². The topological polar surface area (TPSA) is 118 Å². The van der Waals surface area contributed by atoms with E-state index in [9.17, 15) is 10.1 Å². The maximum absolute atomic E-state index is 11.0. The summed E-state index contributed by atoms with van der Waals surface area (Å²) in [5, 5.41) is 22.6. The number of hydrogen-bond donors (Lipinski definition) is 2. The lowest BCUT2D eigenvalue weighted by Crippen LogP contribution is -2.34. The zero-order chi connectivity index (χ0) is 15.4. The zero-order valence-electron chi connectivity index (χ0n) is 11.9. The second kappa shape index (κ2) is 6.38. The Hall–Kier alpha value is -2.38. The molecule has 0 radical (unpaired) electrons. The molecule has 21 heavy (non-hydrogen) atoms. The number of rotatable bonds is 4. The smallest absolute Gasteiger partial charge is 0.298 e. The van der Waals surface area contributed by atoms with Gasteiger partial charge in [-0.25, -0.2) is 4.98 Å². The molecule has 1 aromatic heterocycles. The van der Waals surface area contributed by atoms with Crippen molar-refractivity contribution in [1.82, 2.24) is 4.98 Å². The van der Waals surface area contributed by atoms with Gasteiger partial charge in [0.25, 0.3) is 5.69 Å². The van der Waals surface area contributed by atoms with Gasteiger partial charge in [0, 0.05) is 19.2 Å². The summed E-state index contributed by atoms with van der Waals surface area (Å²) in [5.41, 5.74) is 5.11. The van der Waals surface area contributed by atoms with Gasteiger partial charge in [0.15, 0.2) is 11.5 Å². The summed E-state index contributed by atoms with van der Waals surface area (Å²) in [6, 6.07) is 3.31. The number of anilines is 1. The molecule has 0 atom stereocenters. The number of nitrogens with two attached hydrogens (primary N) is 1. The molecule has 1 fully saturated rings. The summed E-state index contributed by atoms with van der Waals surface area (Å²) in [4.78, 5) is 16.6. The third-order valence-corrected chi connectivity index (χ3v) is 3.89. The number of nitrogens with zero attached hydrogens (tertiary/aromatic N) is 4. The van der Waals surface area contributed by atoms with Crippen molar-refractivity contribution in [3.63, 3.8) is 0 Å². The average Bonchev–Trinajstić information content (AvgIpc) is 2.53. The molecule has 2 rings (SSSR count). The summed E-state index contributed by atoms with van der Waals surface area (Å²) in [6.45, 7) is 0. The fourth-order valence-electron chi connectivity index (χ4n) is 2.68. The monoisotopic (exact) mass is 293 g/mol. The Labute approximate surface area is 122 Å². The number of aromatic nitrogens is 1. The van der Waals surface area contributed by atoms with Gasteiger partial charge in [0.2, 0.25) is 0 Å². The fourth-order valence-corrected chi connectivity index (χ4v) is 2.68. The molecule has 0 aliphatic heterocycles. The van der Waals surface area contributed by atoms with Gasteiger partial charge in [0.05, 0.1) is 4.92 Å². The summed E-state index contributed by atoms with van der Waals surface area (Å²) < 4.78 is 0. The van der Waals surface area contributed by atoms with Crippen LogP contribution in [0.2, 0.25) is 0 Å². The van der Waals surface area contributed by atoms with E-state index in [1.165, 1.54) is 25.3 Å². The molecule has 0 bridgehead atoms. The molecule has 8 nitrogen and oxygen atoms in total. The predicted molar refractivity (Wildman–Crippen MR) is 78.7 cm³/mol. The first-order valence-electron chi connectivity index (χ1n) is 6.90. The van der Waals surface area contributed by atoms with Gasteiger partial charge in [-0.05, 0) is 18.9 Å². The number of hydrogen-bond acceptors (Lipinski definition) is 6. The van der Waals surface area contributed by atoms with E-state index in [0.717, 1.165) is 12.8 Å². The van der Waals surface area contributed by atoms with Gasteiger partial charge in [0.1, 0.15) is 5.82 Å². The van der Waals surface area contributed by atoms with Crippen LogP contribution < -0.4 is 10.6 Å². The Kier molecular flexibility index (Phi) is 4.56. The van der Waals surface area contributed by atoms with Gasteiger partial charge in [-0.1, -0.05) is 24.4 Å². The van der Waals surface area contributed by atoms with E-state index >= 15 is 0 Å². The summed E-state index contributed by atoms with van der Waals surface area (Å²) in [7, 11) is 1.92. The van der Waals surface area contributed by atoms with Crippen LogP contribution in [0.4, 0.5) is 11.5 Å². The van der Waals surface area contributed by atoms with Crippen LogP contribution in [0, 0.1) is 10.1 Å². The molecule has 1 heterocycles. The first-order chi connectivity index (χ1) is 10.0. The number of amidine groups is 1. The first-order valence-corrected chi connectivity index (χ1v) is 6.90.